The van der Waals surface area contributed by atoms with Gasteiger partial charge in [0.25, 0.3) is 0 Å². The predicted molar refractivity (Wildman–Crippen MR) is 47.4 cm³/mol. The van der Waals surface area contributed by atoms with E-state index < -0.39 is 0 Å². The number of carbonyl (C=O) groups is 1. The average Bonchev–Trinajstić information content (AvgIpc) is 2.02. The van der Waals surface area contributed by atoms with Gasteiger partial charge >= 0.3 is 0 Å². The summed E-state index contributed by atoms with van der Waals surface area (Å²) < 4.78 is 0. The fraction of sp³-hybridized carbons (Fsp3) is 0.100. The van der Waals surface area contributed by atoms with Gasteiger partial charge in [0.05, 0.1) is 5.56 Å². The summed E-state index contributed by atoms with van der Waals surface area (Å²) in [5.74, 6) is -0.279. The van der Waals surface area contributed by atoms with Crippen LogP contribution in [0.3, 0.4) is 0 Å². The predicted octanol–water partition coefficient (Wildman–Crippen LogP) is 1.42. The number of aromatic hydroxyl groups is 1. The largest absolute Gasteiger partial charge is 0.507 e. The molecular weight excluding hydrogens is 168 g/mol. The zero-order valence-electron chi connectivity index (χ0n) is 6.82. The Morgan fingerprint density at radius 2 is 2.00 bits per heavy atom. The van der Waals surface area contributed by atoms with Gasteiger partial charge in [-0.1, -0.05) is 12.1 Å². The number of aliphatic hydroxyl groups is 1. The van der Waals surface area contributed by atoms with E-state index in [1.165, 1.54) is 6.07 Å². The number of phenolic OH excluding ortho intramolecular Hbond substituents is 1. The minimum Gasteiger partial charge on any atom is -0.507 e. The van der Waals surface area contributed by atoms with Gasteiger partial charge in [-0.15, -0.1) is 0 Å². The first kappa shape index (κ1) is 7.86. The van der Waals surface area contributed by atoms with Crippen molar-refractivity contribution in [3.8, 4) is 5.75 Å². The highest BCUT2D eigenvalue weighted by Gasteiger charge is 2.19. The molecule has 0 atom stereocenters. The van der Waals surface area contributed by atoms with Gasteiger partial charge in [0.1, 0.15) is 11.5 Å². The molecule has 2 rings (SSSR count). The van der Waals surface area contributed by atoms with Gasteiger partial charge in [-0.25, -0.2) is 0 Å². The molecule has 1 aliphatic rings. The van der Waals surface area contributed by atoms with Crippen molar-refractivity contribution in [3.05, 3.63) is 35.4 Å². The fourth-order valence-corrected chi connectivity index (χ4v) is 1.49. The van der Waals surface area contributed by atoms with Crippen molar-refractivity contribution in [2.75, 3.05) is 0 Å². The molecule has 0 heterocycles. The smallest absolute Gasteiger partial charge is 0.163 e. The summed E-state index contributed by atoms with van der Waals surface area (Å²) in [6.45, 7) is 0. The zero-order chi connectivity index (χ0) is 9.42. The Morgan fingerprint density at radius 3 is 2.77 bits per heavy atom. The number of benzene rings is 1. The molecular formula is C10H8O3. The van der Waals surface area contributed by atoms with Crippen LogP contribution in [0.1, 0.15) is 11.1 Å². The van der Waals surface area contributed by atoms with Gasteiger partial charge in [-0.05, 0) is 11.6 Å². The monoisotopic (exact) mass is 176 g/mol. The van der Waals surface area contributed by atoms with Crippen LogP contribution in [0, 0.1) is 0 Å². The molecule has 2 N–H and O–H groups in total. The molecule has 0 saturated heterocycles. The number of allylic oxidation sites excluding steroid dienone is 1. The quantitative estimate of drug-likeness (QED) is 0.628. The van der Waals surface area contributed by atoms with E-state index in [4.69, 9.17) is 0 Å². The molecule has 0 radical (unpaired) electrons. The molecule has 0 aromatic heterocycles. The minimum atomic E-state index is -0.149. The van der Waals surface area contributed by atoms with E-state index in [0.717, 1.165) is 6.08 Å². The van der Waals surface area contributed by atoms with Crippen molar-refractivity contribution in [3.63, 3.8) is 0 Å². The van der Waals surface area contributed by atoms with Gasteiger partial charge in [-0.2, -0.15) is 0 Å². The zero-order valence-corrected chi connectivity index (χ0v) is 6.82. The summed E-state index contributed by atoms with van der Waals surface area (Å²) in [5, 5.41) is 18.8. The molecule has 0 fully saturated rings. The normalized spacial score (nSPS) is 15.1. The lowest BCUT2D eigenvalue weighted by atomic mass is 9.94. The number of phenols is 1. The third kappa shape index (κ3) is 1.18. The Bertz CT molecular complexity index is 405. The summed E-state index contributed by atoms with van der Waals surface area (Å²) >= 11 is 0. The first-order chi connectivity index (χ1) is 6.18. The van der Waals surface area contributed by atoms with Gasteiger partial charge in [0, 0.05) is 12.5 Å². The maximum absolute atomic E-state index is 11.0. The maximum Gasteiger partial charge on any atom is 0.163 e. The summed E-state index contributed by atoms with van der Waals surface area (Å²) in [7, 11) is 0. The highest BCUT2D eigenvalue weighted by Crippen LogP contribution is 2.30. The molecule has 0 spiro atoms. The molecule has 1 aromatic carbocycles. The lowest BCUT2D eigenvalue weighted by Gasteiger charge is -2.13. The molecule has 0 amide bonds. The molecule has 3 heteroatoms. The second-order valence-electron chi connectivity index (χ2n) is 2.98. The SMILES string of the molecule is O=C1C=C(O)c2c(O)cccc2C1. The summed E-state index contributed by atoms with van der Waals surface area (Å²) in [5.41, 5.74) is 1.05. The maximum atomic E-state index is 11.0. The van der Waals surface area contributed by atoms with Crippen LogP contribution < -0.4 is 0 Å². The first-order valence-electron chi connectivity index (χ1n) is 3.93. The number of fused-ring (bicyclic) bond motifs is 1. The van der Waals surface area contributed by atoms with E-state index in [2.05, 4.69) is 0 Å². The van der Waals surface area contributed by atoms with E-state index in [9.17, 15) is 15.0 Å². The average molecular weight is 176 g/mol. The van der Waals surface area contributed by atoms with Gasteiger partial charge in [0.2, 0.25) is 0 Å². The van der Waals surface area contributed by atoms with Crippen molar-refractivity contribution in [1.82, 2.24) is 0 Å². The van der Waals surface area contributed by atoms with Crippen LogP contribution in [0.25, 0.3) is 5.76 Å². The van der Waals surface area contributed by atoms with Gasteiger partial charge < -0.3 is 10.2 Å². The fourth-order valence-electron chi connectivity index (χ4n) is 1.49. The van der Waals surface area contributed by atoms with Crippen LogP contribution in [0.4, 0.5) is 0 Å². The number of aliphatic hydroxyl groups excluding tert-OH is 1. The molecule has 3 nitrogen and oxygen atoms in total. The number of hydrogen-bond donors (Lipinski definition) is 2. The van der Waals surface area contributed by atoms with Crippen molar-refractivity contribution in [1.29, 1.82) is 0 Å². The second-order valence-corrected chi connectivity index (χ2v) is 2.98. The highest BCUT2D eigenvalue weighted by molar-refractivity contribution is 6.01. The Labute approximate surface area is 74.9 Å². The van der Waals surface area contributed by atoms with Gasteiger partial charge in [-0.3, -0.25) is 4.79 Å². The number of rotatable bonds is 0. The van der Waals surface area contributed by atoms with Gasteiger partial charge in [0.15, 0.2) is 5.78 Å². The van der Waals surface area contributed by atoms with E-state index in [0.29, 0.717) is 11.1 Å². The Kier molecular flexibility index (Phi) is 1.59. The van der Waals surface area contributed by atoms with Crippen LogP contribution in [-0.2, 0) is 11.2 Å². The Hall–Kier alpha value is -1.77. The number of ketones is 1. The third-order valence-electron chi connectivity index (χ3n) is 2.05. The van der Waals surface area contributed by atoms with Crippen molar-refractivity contribution < 1.29 is 15.0 Å². The van der Waals surface area contributed by atoms with E-state index in [1.54, 1.807) is 12.1 Å². The highest BCUT2D eigenvalue weighted by atomic mass is 16.3. The van der Waals surface area contributed by atoms with Crippen LogP contribution in [0.2, 0.25) is 0 Å². The molecule has 1 aromatic rings. The lowest BCUT2D eigenvalue weighted by Crippen LogP contribution is -2.08. The molecule has 0 bridgehead atoms. The van der Waals surface area contributed by atoms with E-state index in [-0.39, 0.29) is 23.7 Å². The van der Waals surface area contributed by atoms with E-state index in [1.807, 2.05) is 0 Å². The second kappa shape index (κ2) is 2.62. The van der Waals surface area contributed by atoms with Crippen molar-refractivity contribution >= 4 is 11.5 Å². The van der Waals surface area contributed by atoms with Crippen LogP contribution >= 0.6 is 0 Å². The molecule has 0 saturated carbocycles. The summed E-state index contributed by atoms with van der Waals surface area (Å²) in [4.78, 5) is 11.0. The minimum absolute atomic E-state index is 0.0127. The standard InChI is InChI=1S/C10H8O3/c11-7-4-6-2-1-3-8(12)10(6)9(13)5-7/h1-3,5,12-13H,4H2. The lowest BCUT2D eigenvalue weighted by molar-refractivity contribution is -0.114. The summed E-state index contributed by atoms with van der Waals surface area (Å²) in [6, 6.07) is 4.86. The first-order valence-corrected chi connectivity index (χ1v) is 3.93. The molecule has 1 aliphatic carbocycles. The Morgan fingerprint density at radius 1 is 1.23 bits per heavy atom. The van der Waals surface area contributed by atoms with Crippen molar-refractivity contribution in [2.24, 2.45) is 0 Å². The number of hydrogen-bond acceptors (Lipinski definition) is 3. The molecule has 0 aliphatic heterocycles. The van der Waals surface area contributed by atoms with Crippen LogP contribution in [-0.4, -0.2) is 16.0 Å². The topological polar surface area (TPSA) is 57.5 Å². The third-order valence-corrected chi connectivity index (χ3v) is 2.05. The van der Waals surface area contributed by atoms with Crippen LogP contribution in [0.15, 0.2) is 24.3 Å². The number of carbonyl (C=O) groups excluding carboxylic acids is 1. The van der Waals surface area contributed by atoms with Crippen LogP contribution in [0.5, 0.6) is 5.75 Å². The Balaban J connectivity index is 2.67. The van der Waals surface area contributed by atoms with E-state index >= 15 is 0 Å². The molecule has 66 valence electrons. The summed E-state index contributed by atoms with van der Waals surface area (Å²) in [6.07, 6.45) is 1.38. The van der Waals surface area contributed by atoms with Crippen molar-refractivity contribution in [2.45, 2.75) is 6.42 Å². The molecule has 13 heavy (non-hydrogen) atoms. The molecule has 0 unspecified atom stereocenters.